The number of carbonyl (C=O) groups excluding carboxylic acids is 1. The van der Waals surface area contributed by atoms with Gasteiger partial charge in [0.25, 0.3) is 0 Å². The molecule has 2 unspecified atom stereocenters. The number of rotatable bonds is 3. The van der Waals surface area contributed by atoms with Gasteiger partial charge >= 0.3 is 6.09 Å². The van der Waals surface area contributed by atoms with E-state index in [-0.39, 0.29) is 24.1 Å². The van der Waals surface area contributed by atoms with Crippen LogP contribution in [0, 0.1) is 25.2 Å². The van der Waals surface area contributed by atoms with Gasteiger partial charge in [0.2, 0.25) is 0 Å². The second-order valence-corrected chi connectivity index (χ2v) is 9.96. The predicted octanol–water partition coefficient (Wildman–Crippen LogP) is 5.98. The van der Waals surface area contributed by atoms with Crippen LogP contribution in [-0.4, -0.2) is 42.9 Å². The van der Waals surface area contributed by atoms with E-state index >= 15 is 0 Å². The smallest absolute Gasteiger partial charge is 0.410 e. The first kappa shape index (κ1) is 22.6. The van der Waals surface area contributed by atoms with Crippen LogP contribution in [0.5, 0.6) is 0 Å². The summed E-state index contributed by atoms with van der Waals surface area (Å²) in [6.07, 6.45) is 2.57. The van der Waals surface area contributed by atoms with Gasteiger partial charge in [-0.15, -0.1) is 0 Å². The Morgan fingerprint density at radius 1 is 1.03 bits per heavy atom. The average molecular weight is 477 g/mol. The molecule has 5 heteroatoms. The third-order valence-electron chi connectivity index (χ3n) is 7.73. The van der Waals surface area contributed by atoms with Crippen molar-refractivity contribution in [2.75, 3.05) is 19.8 Å². The highest BCUT2D eigenvalue weighted by atomic mass is 16.6. The van der Waals surface area contributed by atoms with Crippen molar-refractivity contribution in [1.82, 2.24) is 4.90 Å². The number of ether oxygens (including phenoxy) is 2. The van der Waals surface area contributed by atoms with Crippen molar-refractivity contribution >= 4 is 11.7 Å². The molecule has 1 aliphatic carbocycles. The molecule has 1 saturated heterocycles. The van der Waals surface area contributed by atoms with Crippen LogP contribution in [-0.2, 0) is 9.47 Å². The normalized spacial score (nSPS) is 20.2. The molecule has 2 bridgehead atoms. The van der Waals surface area contributed by atoms with Crippen LogP contribution in [0.1, 0.15) is 45.7 Å². The summed E-state index contributed by atoms with van der Waals surface area (Å²) in [5.74, 6) is 0.0392. The summed E-state index contributed by atoms with van der Waals surface area (Å²) >= 11 is 0. The number of morpholine rings is 1. The van der Waals surface area contributed by atoms with Crippen LogP contribution in [0.2, 0.25) is 0 Å². The van der Waals surface area contributed by atoms with Gasteiger partial charge in [0.15, 0.2) is 0 Å². The molecule has 0 N–H and O–H groups in total. The van der Waals surface area contributed by atoms with Gasteiger partial charge in [-0.25, -0.2) is 4.79 Å². The minimum atomic E-state index is -0.279. The van der Waals surface area contributed by atoms with Crippen LogP contribution < -0.4 is 0 Å². The minimum absolute atomic E-state index is 0.0392. The highest BCUT2D eigenvalue weighted by molar-refractivity contribution is 5.80. The molecule has 180 valence electrons. The summed E-state index contributed by atoms with van der Waals surface area (Å²) in [4.78, 5) is 15.3. The Labute approximate surface area is 211 Å². The van der Waals surface area contributed by atoms with Gasteiger partial charge in [0, 0.05) is 5.92 Å². The molecular formula is C31H28N2O3. The third-order valence-corrected chi connectivity index (χ3v) is 7.73. The maximum atomic E-state index is 13.4. The first-order valence-corrected chi connectivity index (χ1v) is 12.5. The monoisotopic (exact) mass is 476 g/mol. The molecule has 2 aliphatic heterocycles. The lowest BCUT2D eigenvalue weighted by Gasteiger charge is -2.44. The largest absolute Gasteiger partial charge is 0.448 e. The second kappa shape index (κ2) is 8.96. The van der Waals surface area contributed by atoms with Crippen molar-refractivity contribution in [1.29, 1.82) is 5.26 Å². The summed E-state index contributed by atoms with van der Waals surface area (Å²) in [7, 11) is 0. The van der Waals surface area contributed by atoms with E-state index in [0.717, 1.165) is 11.1 Å². The van der Waals surface area contributed by atoms with Gasteiger partial charge in [-0.3, -0.25) is 4.90 Å². The highest BCUT2D eigenvalue weighted by Crippen LogP contribution is 2.45. The van der Waals surface area contributed by atoms with E-state index in [1.165, 1.54) is 33.4 Å². The van der Waals surface area contributed by atoms with Gasteiger partial charge in [0.05, 0.1) is 36.9 Å². The lowest BCUT2D eigenvalue weighted by atomic mass is 9.85. The zero-order valence-electron chi connectivity index (χ0n) is 20.5. The zero-order chi connectivity index (χ0) is 24.8. The average Bonchev–Trinajstić information content (AvgIpc) is 3.20. The Bertz CT molecular complexity index is 1370. The Hall–Kier alpha value is -3.88. The van der Waals surface area contributed by atoms with Crippen molar-refractivity contribution in [2.24, 2.45) is 0 Å². The van der Waals surface area contributed by atoms with Crippen LogP contribution in [0.25, 0.3) is 16.7 Å². The van der Waals surface area contributed by atoms with Crippen LogP contribution >= 0.6 is 0 Å². The first-order valence-electron chi connectivity index (χ1n) is 12.5. The molecule has 2 heterocycles. The lowest BCUT2D eigenvalue weighted by molar-refractivity contribution is -0.0331. The van der Waals surface area contributed by atoms with E-state index in [2.05, 4.69) is 48.5 Å². The van der Waals surface area contributed by atoms with Crippen molar-refractivity contribution in [3.8, 4) is 17.2 Å². The van der Waals surface area contributed by atoms with E-state index < -0.39 is 0 Å². The molecule has 0 saturated carbocycles. The number of fused-ring (bicyclic) bond motifs is 5. The number of nitriles is 1. The molecule has 5 nitrogen and oxygen atoms in total. The predicted molar refractivity (Wildman–Crippen MR) is 139 cm³/mol. The molecule has 3 aliphatic rings. The highest BCUT2D eigenvalue weighted by Gasteiger charge is 2.40. The molecule has 36 heavy (non-hydrogen) atoms. The molecule has 1 amide bonds. The number of amides is 1. The van der Waals surface area contributed by atoms with Gasteiger partial charge in [-0.2, -0.15) is 5.26 Å². The third kappa shape index (κ3) is 3.70. The Morgan fingerprint density at radius 3 is 2.28 bits per heavy atom. The summed E-state index contributed by atoms with van der Waals surface area (Å²) in [5, 5.41) is 9.31. The minimum Gasteiger partial charge on any atom is -0.448 e. The molecule has 3 aromatic carbocycles. The molecule has 0 aromatic heterocycles. The van der Waals surface area contributed by atoms with E-state index in [1.807, 2.05) is 43.0 Å². The quantitative estimate of drug-likeness (QED) is 0.466. The number of hydrogen-bond donors (Lipinski definition) is 0. The fraction of sp³-hybridized carbons (Fsp3) is 0.290. The summed E-state index contributed by atoms with van der Waals surface area (Å²) in [5.41, 5.74) is 10.1. The number of benzene rings is 3. The topological polar surface area (TPSA) is 62.6 Å². The van der Waals surface area contributed by atoms with E-state index in [9.17, 15) is 10.1 Å². The van der Waals surface area contributed by atoms with Crippen LogP contribution in [0.15, 0.2) is 66.7 Å². The van der Waals surface area contributed by atoms with Crippen molar-refractivity contribution < 1.29 is 14.3 Å². The number of aryl methyl sites for hydroxylation is 2. The van der Waals surface area contributed by atoms with Gasteiger partial charge in [-0.1, -0.05) is 54.6 Å². The molecule has 3 aromatic rings. The Kier molecular flexibility index (Phi) is 5.62. The molecule has 0 radical (unpaired) electrons. The molecular weight excluding hydrogens is 448 g/mol. The molecule has 6 rings (SSSR count). The number of nitrogens with zero attached hydrogens (tertiary/aromatic N) is 2. The molecule has 0 spiro atoms. The van der Waals surface area contributed by atoms with Crippen LogP contribution in [0.4, 0.5) is 4.79 Å². The molecule has 1 fully saturated rings. The van der Waals surface area contributed by atoms with Crippen LogP contribution in [0.3, 0.4) is 0 Å². The summed E-state index contributed by atoms with van der Waals surface area (Å²) < 4.78 is 11.8. The van der Waals surface area contributed by atoms with Crippen molar-refractivity contribution in [3.05, 3.63) is 100 Å². The number of carbonyl (C=O) groups is 1. The first-order chi connectivity index (χ1) is 17.5. The number of hydrogen-bond acceptors (Lipinski definition) is 4. The fourth-order valence-electron chi connectivity index (χ4n) is 6.27. The van der Waals surface area contributed by atoms with E-state index in [4.69, 9.17) is 9.47 Å². The van der Waals surface area contributed by atoms with Gasteiger partial charge in [-0.05, 0) is 76.9 Å². The maximum absolute atomic E-state index is 13.4. The SMILES string of the molecule is Cc1cc(C#N)cc(C)c1C1=CC2COCC(C1)N2C(=O)OCC1c2ccccc2-c2ccccc21. The Morgan fingerprint density at radius 2 is 1.67 bits per heavy atom. The molecule has 2 atom stereocenters. The maximum Gasteiger partial charge on any atom is 0.410 e. The van der Waals surface area contributed by atoms with E-state index in [1.54, 1.807) is 0 Å². The summed E-state index contributed by atoms with van der Waals surface area (Å²) in [6, 6.07) is 22.6. The van der Waals surface area contributed by atoms with Gasteiger partial charge in [0.1, 0.15) is 6.61 Å². The van der Waals surface area contributed by atoms with Crippen molar-refractivity contribution in [3.63, 3.8) is 0 Å². The van der Waals surface area contributed by atoms with Crippen molar-refractivity contribution in [2.45, 2.75) is 38.3 Å². The summed E-state index contributed by atoms with van der Waals surface area (Å²) in [6.45, 7) is 5.36. The lowest BCUT2D eigenvalue weighted by Crippen LogP contribution is -2.56. The zero-order valence-corrected chi connectivity index (χ0v) is 20.5. The second-order valence-electron chi connectivity index (χ2n) is 9.96. The standard InChI is InChI=1S/C31H28N2O3/c1-19-11-21(15-32)12-20(2)30(19)22-13-23-16-35-17-24(14-22)33(23)31(34)36-18-29-27-9-5-3-7-25(27)26-8-4-6-10-28(26)29/h3-13,23-24,29H,14,16-18H2,1-2H3. The van der Waals surface area contributed by atoms with E-state index in [0.29, 0.717) is 31.8 Å². The van der Waals surface area contributed by atoms with Gasteiger partial charge < -0.3 is 9.47 Å². The fourth-order valence-corrected chi connectivity index (χ4v) is 6.27. The Balaban J connectivity index is 1.24.